The van der Waals surface area contributed by atoms with Crippen molar-refractivity contribution >= 4 is 61.1 Å². The number of fused-ring (bicyclic) bond motifs is 2. The standard InChI is InChI=1S/C25H26N3.C24H20B/c1-26-25-21-12-6-4-10-19(21)23(20-11-5-7-13-22(20)25)18-28-17-9-16-27-15-8-2-3-14-24(27)28;1-5-13-21(14-6-1)25(22-15-7-2-8-16-22,23-17-9-3-10-18-23)24-19-11-4-12-20-24/h4-7,10-13H,2-3,8-9,14-18H2;1-20H/q+1;-1. The highest BCUT2D eigenvalue weighted by molar-refractivity contribution is 7.19. The zero-order chi connectivity index (χ0) is 35.9. The Hall–Kier alpha value is -5.92. The van der Waals surface area contributed by atoms with Crippen molar-refractivity contribution in [2.24, 2.45) is 0 Å². The maximum Gasteiger partial charge on any atom is 0.247 e. The largest absolute Gasteiger partial charge is 0.266 e. The molecule has 0 N–H and O–H groups in total. The van der Waals surface area contributed by atoms with Crippen LogP contribution in [0.3, 0.4) is 0 Å². The summed E-state index contributed by atoms with van der Waals surface area (Å²) in [6, 6.07) is 60.5. The zero-order valence-electron chi connectivity index (χ0n) is 30.4. The molecule has 4 heteroatoms. The van der Waals surface area contributed by atoms with Gasteiger partial charge in [0.2, 0.25) is 11.5 Å². The summed E-state index contributed by atoms with van der Waals surface area (Å²) in [6.45, 7) is 12.3. The van der Waals surface area contributed by atoms with Gasteiger partial charge in [0.15, 0.2) is 0 Å². The first-order chi connectivity index (χ1) is 26.3. The maximum absolute atomic E-state index is 7.78. The summed E-state index contributed by atoms with van der Waals surface area (Å²) in [7, 11) is 0. The minimum Gasteiger partial charge on any atom is -0.266 e. The first-order valence-electron chi connectivity index (χ1n) is 19.3. The number of rotatable bonds is 6. The van der Waals surface area contributed by atoms with Gasteiger partial charge in [-0.15, -0.1) is 0 Å². The summed E-state index contributed by atoms with van der Waals surface area (Å²) in [6.07, 6.45) is 5.20. The lowest BCUT2D eigenvalue weighted by atomic mass is 9.13. The van der Waals surface area contributed by atoms with E-state index in [0.717, 1.165) is 29.5 Å². The van der Waals surface area contributed by atoms with Crippen molar-refractivity contribution in [3.63, 3.8) is 0 Å². The van der Waals surface area contributed by atoms with Gasteiger partial charge in [-0.25, -0.2) is 4.85 Å². The Kier molecular flexibility index (Phi) is 10.2. The Morgan fingerprint density at radius 2 is 0.906 bits per heavy atom. The van der Waals surface area contributed by atoms with Crippen molar-refractivity contribution in [1.82, 2.24) is 4.90 Å². The van der Waals surface area contributed by atoms with E-state index in [1.807, 2.05) is 0 Å². The van der Waals surface area contributed by atoms with E-state index in [4.69, 9.17) is 6.57 Å². The predicted molar refractivity (Wildman–Crippen MR) is 226 cm³/mol. The van der Waals surface area contributed by atoms with Crippen LogP contribution in [0.4, 0.5) is 5.69 Å². The average Bonchev–Trinajstić information content (AvgIpc) is 3.50. The lowest BCUT2D eigenvalue weighted by Crippen LogP contribution is -2.74. The van der Waals surface area contributed by atoms with Crippen LogP contribution in [0.2, 0.25) is 0 Å². The molecule has 0 radical (unpaired) electrons. The van der Waals surface area contributed by atoms with Gasteiger partial charge in [0.05, 0.1) is 26.2 Å². The molecule has 0 saturated carbocycles. The molecule has 0 unspecified atom stereocenters. The molecule has 9 rings (SSSR count). The third-order valence-corrected chi connectivity index (χ3v) is 11.6. The van der Waals surface area contributed by atoms with Crippen LogP contribution >= 0.6 is 0 Å². The molecule has 2 aliphatic heterocycles. The molecular weight excluding hydrogens is 641 g/mol. The van der Waals surface area contributed by atoms with E-state index in [9.17, 15) is 0 Å². The molecule has 0 aliphatic carbocycles. The second-order valence-corrected chi connectivity index (χ2v) is 14.5. The van der Waals surface area contributed by atoms with E-state index in [1.165, 1.54) is 83.4 Å². The van der Waals surface area contributed by atoms with Gasteiger partial charge in [0.1, 0.15) is 12.7 Å². The fraction of sp³-hybridized carbons (Fsp3) is 0.184. The second kappa shape index (κ2) is 15.8. The number of hydrogen-bond acceptors (Lipinski definition) is 1. The topological polar surface area (TPSA) is 10.6 Å². The summed E-state index contributed by atoms with van der Waals surface area (Å²) < 4.78 is 2.63. The van der Waals surface area contributed by atoms with Crippen molar-refractivity contribution in [2.45, 2.75) is 38.6 Å². The lowest BCUT2D eigenvalue weighted by molar-refractivity contribution is -0.539. The first-order valence-corrected chi connectivity index (χ1v) is 19.3. The summed E-state index contributed by atoms with van der Waals surface area (Å²) in [5.41, 5.74) is 7.52. The Morgan fingerprint density at radius 3 is 1.36 bits per heavy atom. The third kappa shape index (κ3) is 6.65. The van der Waals surface area contributed by atoms with Gasteiger partial charge in [0, 0.05) is 18.4 Å². The van der Waals surface area contributed by atoms with E-state index in [1.54, 1.807) is 5.84 Å². The third-order valence-electron chi connectivity index (χ3n) is 11.6. The fourth-order valence-corrected chi connectivity index (χ4v) is 9.20. The van der Waals surface area contributed by atoms with E-state index in [-0.39, 0.29) is 0 Å². The fourth-order valence-electron chi connectivity index (χ4n) is 9.20. The summed E-state index contributed by atoms with van der Waals surface area (Å²) in [5, 5.41) is 4.65. The smallest absolute Gasteiger partial charge is 0.247 e. The molecule has 2 heterocycles. The second-order valence-electron chi connectivity index (χ2n) is 14.5. The van der Waals surface area contributed by atoms with Gasteiger partial charge in [-0.05, 0) is 40.8 Å². The summed E-state index contributed by atoms with van der Waals surface area (Å²) >= 11 is 0. The highest BCUT2D eigenvalue weighted by Gasteiger charge is 2.32. The Morgan fingerprint density at radius 1 is 0.491 bits per heavy atom. The molecule has 3 nitrogen and oxygen atoms in total. The van der Waals surface area contributed by atoms with Crippen LogP contribution in [0.5, 0.6) is 0 Å². The van der Waals surface area contributed by atoms with E-state index < -0.39 is 6.15 Å². The number of amidine groups is 1. The van der Waals surface area contributed by atoms with Crippen molar-refractivity contribution in [2.75, 3.05) is 19.6 Å². The van der Waals surface area contributed by atoms with Crippen LogP contribution in [0, 0.1) is 6.57 Å². The summed E-state index contributed by atoms with van der Waals surface area (Å²) in [4.78, 5) is 6.54. The van der Waals surface area contributed by atoms with Crippen molar-refractivity contribution < 1.29 is 4.58 Å². The van der Waals surface area contributed by atoms with E-state index in [0.29, 0.717) is 0 Å². The molecule has 53 heavy (non-hydrogen) atoms. The molecule has 7 aromatic carbocycles. The maximum atomic E-state index is 7.78. The van der Waals surface area contributed by atoms with Crippen molar-refractivity contribution in [3.8, 4) is 0 Å². The molecule has 0 atom stereocenters. The SMILES string of the molecule is [C-]#[N+]c1c2ccccc2c(CN2CCC[N+]3=C2CCCCC3)c2ccccc12.c1ccc([B-](c2ccccc2)(c2ccccc2)c2ccccc2)cc1. The number of hydrogen-bond donors (Lipinski definition) is 0. The Labute approximate surface area is 314 Å². The normalized spacial score (nSPS) is 14.5. The van der Waals surface area contributed by atoms with Crippen LogP contribution in [0.25, 0.3) is 26.4 Å². The molecule has 0 aromatic heterocycles. The van der Waals surface area contributed by atoms with Gasteiger partial charge < -0.3 is 0 Å². The van der Waals surface area contributed by atoms with Gasteiger partial charge in [-0.3, -0.25) is 9.48 Å². The number of nitrogens with zero attached hydrogens (tertiary/aromatic N) is 3. The Bertz CT molecular complexity index is 2160. The average molecular weight is 688 g/mol. The van der Waals surface area contributed by atoms with Gasteiger partial charge in [-0.2, -0.15) is 21.9 Å². The van der Waals surface area contributed by atoms with Crippen LogP contribution in [0.15, 0.2) is 170 Å². The first kappa shape index (κ1) is 34.2. The van der Waals surface area contributed by atoms with Crippen LogP contribution in [-0.4, -0.2) is 41.1 Å². The minimum absolute atomic E-state index is 0.789. The molecule has 7 aromatic rings. The minimum atomic E-state index is -1.22. The van der Waals surface area contributed by atoms with Gasteiger partial charge in [0.25, 0.3) is 0 Å². The molecule has 0 amide bonds. The van der Waals surface area contributed by atoms with Crippen LogP contribution in [-0.2, 0) is 6.54 Å². The quantitative estimate of drug-likeness (QED) is 0.0736. The van der Waals surface area contributed by atoms with Gasteiger partial charge in [-0.1, -0.05) is 170 Å². The molecule has 0 spiro atoms. The molecule has 260 valence electrons. The predicted octanol–water partition coefficient (Wildman–Crippen LogP) is 8.80. The highest BCUT2D eigenvalue weighted by atomic mass is 15.3. The van der Waals surface area contributed by atoms with E-state index >= 15 is 0 Å². The molecule has 0 fully saturated rings. The Balaban J connectivity index is 0.000000152. The molecular formula is C49H46BN3. The van der Waals surface area contributed by atoms with E-state index in [2.05, 4.69) is 184 Å². The number of benzene rings is 7. The van der Waals surface area contributed by atoms with Crippen LogP contribution in [0.1, 0.15) is 37.7 Å². The molecule has 2 aliphatic rings. The molecule has 0 bridgehead atoms. The molecule has 0 saturated heterocycles. The van der Waals surface area contributed by atoms with Gasteiger partial charge >= 0.3 is 0 Å². The monoisotopic (exact) mass is 687 g/mol. The lowest BCUT2D eigenvalue weighted by Gasteiger charge is -2.44. The van der Waals surface area contributed by atoms with Crippen molar-refractivity contribution in [1.29, 1.82) is 0 Å². The highest BCUT2D eigenvalue weighted by Crippen LogP contribution is 2.39. The zero-order valence-corrected chi connectivity index (χ0v) is 30.4. The van der Waals surface area contributed by atoms with Crippen molar-refractivity contribution in [3.05, 3.63) is 187 Å². The van der Waals surface area contributed by atoms with Crippen LogP contribution < -0.4 is 21.9 Å². The summed E-state index contributed by atoms with van der Waals surface area (Å²) in [5.74, 6) is 1.55.